The van der Waals surface area contributed by atoms with Crippen molar-refractivity contribution >= 4 is 39.0 Å². The molecule has 3 amide bonds. The zero-order valence-corrected chi connectivity index (χ0v) is 19.2. The number of hydrogen-bond donors (Lipinski definition) is 4. The maximum absolute atomic E-state index is 12.6. The SMILES string of the molecule is O=C(NCc1ccco1)Nc1ccc(NC(=O)c2ccc(NS(=O)(=O)c3ccccc3)cc2)cc1. The standard InChI is InChI=1S/C25H22N4O5S/c30-24(18-8-10-21(11-9-18)29-35(32,33)23-6-2-1-3-7-23)27-19-12-14-20(15-13-19)28-25(31)26-17-22-5-4-16-34-22/h1-16,29H,17H2,(H,27,30)(H2,26,28,31). The number of nitrogens with one attached hydrogen (secondary N) is 4. The summed E-state index contributed by atoms with van der Waals surface area (Å²) in [6, 6.07) is 23.8. The van der Waals surface area contributed by atoms with Crippen LogP contribution in [0.2, 0.25) is 0 Å². The third-order valence-electron chi connectivity index (χ3n) is 4.86. The van der Waals surface area contributed by atoms with Crippen molar-refractivity contribution in [3.8, 4) is 0 Å². The minimum Gasteiger partial charge on any atom is -0.467 e. The van der Waals surface area contributed by atoms with Crippen molar-refractivity contribution in [3.63, 3.8) is 0 Å². The van der Waals surface area contributed by atoms with Crippen molar-refractivity contribution < 1.29 is 22.4 Å². The molecule has 4 N–H and O–H groups in total. The van der Waals surface area contributed by atoms with E-state index in [4.69, 9.17) is 4.42 Å². The van der Waals surface area contributed by atoms with Gasteiger partial charge in [0.05, 0.1) is 17.7 Å². The van der Waals surface area contributed by atoms with Crippen LogP contribution in [-0.2, 0) is 16.6 Å². The van der Waals surface area contributed by atoms with E-state index in [1.807, 2.05) is 0 Å². The van der Waals surface area contributed by atoms with Gasteiger partial charge in [-0.25, -0.2) is 13.2 Å². The molecule has 35 heavy (non-hydrogen) atoms. The van der Waals surface area contributed by atoms with Crippen LogP contribution in [0.15, 0.2) is 107 Å². The van der Waals surface area contributed by atoms with Crippen molar-refractivity contribution in [2.24, 2.45) is 0 Å². The summed E-state index contributed by atoms with van der Waals surface area (Å²) in [6.07, 6.45) is 1.53. The van der Waals surface area contributed by atoms with E-state index in [9.17, 15) is 18.0 Å². The number of sulfonamides is 1. The maximum atomic E-state index is 12.6. The predicted molar refractivity (Wildman–Crippen MR) is 133 cm³/mol. The molecule has 4 aromatic rings. The highest BCUT2D eigenvalue weighted by atomic mass is 32.2. The highest BCUT2D eigenvalue weighted by Crippen LogP contribution is 2.18. The summed E-state index contributed by atoms with van der Waals surface area (Å²) >= 11 is 0. The highest BCUT2D eigenvalue weighted by molar-refractivity contribution is 7.92. The number of hydrogen-bond acceptors (Lipinski definition) is 5. The number of amides is 3. The number of urea groups is 1. The van der Waals surface area contributed by atoms with Gasteiger partial charge in [-0.3, -0.25) is 9.52 Å². The fraction of sp³-hybridized carbons (Fsp3) is 0.0400. The van der Waals surface area contributed by atoms with Crippen LogP contribution < -0.4 is 20.7 Å². The predicted octanol–water partition coefficient (Wildman–Crippen LogP) is 4.65. The fourth-order valence-electron chi connectivity index (χ4n) is 3.10. The van der Waals surface area contributed by atoms with Gasteiger partial charge in [0.25, 0.3) is 15.9 Å². The van der Waals surface area contributed by atoms with Crippen LogP contribution in [0.5, 0.6) is 0 Å². The molecule has 0 unspecified atom stereocenters. The van der Waals surface area contributed by atoms with Gasteiger partial charge < -0.3 is 20.4 Å². The van der Waals surface area contributed by atoms with E-state index in [0.717, 1.165) is 0 Å². The van der Waals surface area contributed by atoms with E-state index in [1.54, 1.807) is 54.6 Å². The first-order valence-electron chi connectivity index (χ1n) is 10.6. The smallest absolute Gasteiger partial charge is 0.319 e. The van der Waals surface area contributed by atoms with Crippen LogP contribution in [-0.4, -0.2) is 20.4 Å². The first-order valence-corrected chi connectivity index (χ1v) is 12.0. The van der Waals surface area contributed by atoms with E-state index in [-0.39, 0.29) is 23.4 Å². The molecule has 0 aliphatic rings. The molecule has 0 fully saturated rings. The molecule has 178 valence electrons. The van der Waals surface area contributed by atoms with E-state index < -0.39 is 10.0 Å². The Labute approximate surface area is 202 Å². The minimum atomic E-state index is -3.71. The van der Waals surface area contributed by atoms with Crippen LogP contribution in [0.1, 0.15) is 16.1 Å². The molecule has 0 atom stereocenters. The lowest BCUT2D eigenvalue weighted by molar-refractivity contribution is 0.102. The van der Waals surface area contributed by atoms with Gasteiger partial charge in [-0.2, -0.15) is 0 Å². The molecule has 0 aliphatic heterocycles. The molecular formula is C25H22N4O5S. The molecule has 0 spiro atoms. The van der Waals surface area contributed by atoms with Crippen molar-refractivity contribution in [1.29, 1.82) is 0 Å². The van der Waals surface area contributed by atoms with E-state index in [0.29, 0.717) is 28.4 Å². The Balaban J connectivity index is 1.30. The number of carbonyl (C=O) groups is 2. The molecular weight excluding hydrogens is 468 g/mol. The normalized spacial score (nSPS) is 10.9. The molecule has 10 heteroatoms. The largest absolute Gasteiger partial charge is 0.467 e. The lowest BCUT2D eigenvalue weighted by Gasteiger charge is -2.10. The van der Waals surface area contributed by atoms with Gasteiger partial charge in [0.15, 0.2) is 0 Å². The van der Waals surface area contributed by atoms with E-state index >= 15 is 0 Å². The first-order chi connectivity index (χ1) is 16.9. The minimum absolute atomic E-state index is 0.148. The van der Waals surface area contributed by atoms with Gasteiger partial charge in [-0.15, -0.1) is 0 Å². The Kier molecular flexibility index (Phi) is 7.12. The van der Waals surface area contributed by atoms with Gasteiger partial charge in [0.2, 0.25) is 0 Å². The van der Waals surface area contributed by atoms with Gasteiger partial charge >= 0.3 is 6.03 Å². The molecule has 0 saturated carbocycles. The second-order valence-electron chi connectivity index (χ2n) is 7.41. The molecule has 4 rings (SSSR count). The second-order valence-corrected chi connectivity index (χ2v) is 9.10. The lowest BCUT2D eigenvalue weighted by Crippen LogP contribution is -2.27. The Hall–Kier alpha value is -4.57. The Morgan fingerprint density at radius 3 is 1.97 bits per heavy atom. The third kappa shape index (κ3) is 6.49. The van der Waals surface area contributed by atoms with Crippen molar-refractivity contribution in [3.05, 3.63) is 109 Å². The molecule has 9 nitrogen and oxygen atoms in total. The molecule has 1 aromatic heterocycles. The number of furan rings is 1. The molecule has 0 saturated heterocycles. The highest BCUT2D eigenvalue weighted by Gasteiger charge is 2.14. The summed E-state index contributed by atoms with van der Waals surface area (Å²) in [7, 11) is -3.71. The maximum Gasteiger partial charge on any atom is 0.319 e. The summed E-state index contributed by atoms with van der Waals surface area (Å²) in [5.41, 5.74) is 1.78. The number of anilines is 3. The van der Waals surface area contributed by atoms with Crippen molar-refractivity contribution in [2.75, 3.05) is 15.4 Å². The van der Waals surface area contributed by atoms with Crippen LogP contribution in [0, 0.1) is 0 Å². The zero-order chi connectivity index (χ0) is 24.7. The quantitative estimate of drug-likeness (QED) is 0.286. The monoisotopic (exact) mass is 490 g/mol. The second kappa shape index (κ2) is 10.6. The van der Waals surface area contributed by atoms with Crippen LogP contribution in [0.4, 0.5) is 21.9 Å². The summed E-state index contributed by atoms with van der Waals surface area (Å²) in [6.45, 7) is 0.263. The summed E-state index contributed by atoms with van der Waals surface area (Å²) < 4.78 is 32.5. The van der Waals surface area contributed by atoms with Gasteiger partial charge in [0, 0.05) is 22.6 Å². The van der Waals surface area contributed by atoms with E-state index in [1.165, 1.54) is 42.7 Å². The van der Waals surface area contributed by atoms with Gasteiger partial charge in [0.1, 0.15) is 5.76 Å². The molecule has 3 aromatic carbocycles. The van der Waals surface area contributed by atoms with Crippen LogP contribution in [0.25, 0.3) is 0 Å². The van der Waals surface area contributed by atoms with E-state index in [2.05, 4.69) is 20.7 Å². The van der Waals surface area contributed by atoms with Gasteiger partial charge in [-0.05, 0) is 72.8 Å². The Morgan fingerprint density at radius 1 is 0.714 bits per heavy atom. The fourth-order valence-corrected chi connectivity index (χ4v) is 4.18. The lowest BCUT2D eigenvalue weighted by atomic mass is 10.2. The number of carbonyl (C=O) groups excluding carboxylic acids is 2. The topological polar surface area (TPSA) is 130 Å². The summed E-state index contributed by atoms with van der Waals surface area (Å²) in [4.78, 5) is 24.7. The third-order valence-corrected chi connectivity index (χ3v) is 6.25. The molecule has 1 heterocycles. The van der Waals surface area contributed by atoms with Crippen molar-refractivity contribution in [1.82, 2.24) is 5.32 Å². The van der Waals surface area contributed by atoms with Crippen LogP contribution in [0.3, 0.4) is 0 Å². The van der Waals surface area contributed by atoms with Crippen molar-refractivity contribution in [2.45, 2.75) is 11.4 Å². The first kappa shape index (κ1) is 23.6. The summed E-state index contributed by atoms with van der Waals surface area (Å²) in [5.74, 6) is 0.277. The average Bonchev–Trinajstić information content (AvgIpc) is 3.39. The van der Waals surface area contributed by atoms with Crippen LogP contribution >= 0.6 is 0 Å². The number of benzene rings is 3. The average molecular weight is 491 g/mol. The molecule has 0 bridgehead atoms. The Morgan fingerprint density at radius 2 is 1.34 bits per heavy atom. The Bertz CT molecular complexity index is 1390. The summed E-state index contributed by atoms with van der Waals surface area (Å²) in [5, 5.41) is 8.12. The van der Waals surface area contributed by atoms with Gasteiger partial charge in [-0.1, -0.05) is 18.2 Å². The number of rotatable bonds is 8. The zero-order valence-electron chi connectivity index (χ0n) is 18.4. The molecule has 0 radical (unpaired) electrons. The molecule has 0 aliphatic carbocycles.